The summed E-state index contributed by atoms with van der Waals surface area (Å²) in [5.41, 5.74) is 1.20. The number of anilines is 1. The van der Waals surface area contributed by atoms with Gasteiger partial charge in [0, 0.05) is 9.50 Å². The highest BCUT2D eigenvalue weighted by molar-refractivity contribution is 9.10. The number of benzene rings is 2. The Morgan fingerprint density at radius 1 is 1.10 bits per heavy atom. The van der Waals surface area contributed by atoms with Crippen molar-refractivity contribution < 1.29 is 8.42 Å². The number of hydrogen-bond donors (Lipinski definition) is 1. The molecule has 7 heteroatoms. The minimum absolute atomic E-state index is 0.138. The van der Waals surface area contributed by atoms with Gasteiger partial charge in [-0.2, -0.15) is 0 Å². The first-order valence-corrected chi connectivity index (χ1v) is 8.57. The van der Waals surface area contributed by atoms with E-state index in [0.717, 1.165) is 5.56 Å². The maximum absolute atomic E-state index is 12.4. The lowest BCUT2D eigenvalue weighted by Gasteiger charge is -2.11. The van der Waals surface area contributed by atoms with Gasteiger partial charge >= 0.3 is 0 Å². The molecule has 0 amide bonds. The predicted octanol–water partition coefficient (Wildman–Crippen LogP) is 4.87. The van der Waals surface area contributed by atoms with Crippen molar-refractivity contribution in [2.75, 3.05) is 4.72 Å². The fourth-order valence-corrected chi connectivity index (χ4v) is 4.26. The van der Waals surface area contributed by atoms with Gasteiger partial charge in [0.25, 0.3) is 10.0 Å². The third kappa shape index (κ3) is 3.47. The smallest absolute Gasteiger partial charge is 0.263 e. The lowest BCUT2D eigenvalue weighted by atomic mass is 10.2. The van der Waals surface area contributed by atoms with Gasteiger partial charge in [0.15, 0.2) is 0 Å². The maximum Gasteiger partial charge on any atom is 0.263 e. The van der Waals surface area contributed by atoms with Gasteiger partial charge in [-0.05, 0) is 58.7 Å². The van der Waals surface area contributed by atoms with Gasteiger partial charge in [-0.1, -0.05) is 29.3 Å². The van der Waals surface area contributed by atoms with Crippen LogP contribution < -0.4 is 4.72 Å². The fraction of sp³-hybridized carbons (Fsp3) is 0.0769. The molecule has 20 heavy (non-hydrogen) atoms. The van der Waals surface area contributed by atoms with E-state index in [1.807, 2.05) is 6.92 Å². The van der Waals surface area contributed by atoms with E-state index < -0.39 is 10.0 Å². The Balaban J connectivity index is 2.43. The molecule has 0 aliphatic heterocycles. The second kappa shape index (κ2) is 5.93. The Hall–Kier alpha value is -0.750. The first kappa shape index (κ1) is 15.6. The van der Waals surface area contributed by atoms with Crippen LogP contribution in [0.5, 0.6) is 0 Å². The Labute approximate surface area is 136 Å². The molecule has 0 aliphatic carbocycles. The minimum Gasteiger partial charge on any atom is -0.278 e. The Morgan fingerprint density at radius 3 is 2.45 bits per heavy atom. The quantitative estimate of drug-likeness (QED) is 0.807. The fourth-order valence-electron chi connectivity index (χ4n) is 1.60. The number of rotatable bonds is 3. The van der Waals surface area contributed by atoms with Gasteiger partial charge in [-0.25, -0.2) is 8.42 Å². The van der Waals surface area contributed by atoms with Crippen LogP contribution in [0.4, 0.5) is 5.69 Å². The van der Waals surface area contributed by atoms with Crippen molar-refractivity contribution in [1.82, 2.24) is 0 Å². The molecule has 0 spiro atoms. The topological polar surface area (TPSA) is 46.2 Å². The molecule has 2 aromatic rings. The number of nitrogens with one attached hydrogen (secondary N) is 1. The van der Waals surface area contributed by atoms with Gasteiger partial charge < -0.3 is 0 Å². The summed E-state index contributed by atoms with van der Waals surface area (Å²) in [7, 11) is -3.74. The zero-order valence-corrected chi connectivity index (χ0v) is 14.2. The third-order valence-corrected chi connectivity index (χ3v) is 5.46. The summed E-state index contributed by atoms with van der Waals surface area (Å²) in [6.45, 7) is 1.88. The van der Waals surface area contributed by atoms with Gasteiger partial charge in [0.05, 0.1) is 10.7 Å². The van der Waals surface area contributed by atoms with Crippen molar-refractivity contribution in [2.45, 2.75) is 11.8 Å². The standard InChI is InChI=1S/C13H10BrCl2NO2S/c1-8-2-5-13(10(14)6-8)20(18,19)17-12-7-9(15)3-4-11(12)16/h2-7,17H,1H3. The zero-order chi connectivity index (χ0) is 14.9. The van der Waals surface area contributed by atoms with Crippen LogP contribution in [0.2, 0.25) is 10.0 Å². The Bertz CT molecular complexity index is 763. The van der Waals surface area contributed by atoms with Gasteiger partial charge in [-0.3, -0.25) is 4.72 Å². The molecule has 0 fully saturated rings. The molecule has 0 radical (unpaired) electrons. The molecule has 2 aromatic carbocycles. The summed E-state index contributed by atoms with van der Waals surface area (Å²) in [6, 6.07) is 9.56. The highest BCUT2D eigenvalue weighted by Gasteiger charge is 2.19. The second-order valence-electron chi connectivity index (χ2n) is 4.16. The lowest BCUT2D eigenvalue weighted by Crippen LogP contribution is -2.14. The van der Waals surface area contributed by atoms with E-state index in [1.165, 1.54) is 18.2 Å². The van der Waals surface area contributed by atoms with Crippen molar-refractivity contribution in [3.05, 3.63) is 56.5 Å². The third-order valence-electron chi connectivity index (χ3n) is 2.55. The van der Waals surface area contributed by atoms with Crippen LogP contribution in [0.15, 0.2) is 45.8 Å². The molecule has 0 aromatic heterocycles. The van der Waals surface area contributed by atoms with Crippen LogP contribution in [0.1, 0.15) is 5.56 Å². The van der Waals surface area contributed by atoms with E-state index in [0.29, 0.717) is 9.50 Å². The summed E-state index contributed by atoms with van der Waals surface area (Å²) >= 11 is 15.0. The van der Waals surface area contributed by atoms with Gasteiger partial charge in [-0.15, -0.1) is 0 Å². The molecule has 106 valence electrons. The second-order valence-corrected chi connectivity index (χ2v) is 7.51. The molecule has 0 saturated heterocycles. The van der Waals surface area contributed by atoms with Crippen LogP contribution in [0.3, 0.4) is 0 Å². The minimum atomic E-state index is -3.74. The molecule has 0 atom stereocenters. The van der Waals surface area contributed by atoms with Crippen molar-refractivity contribution >= 4 is 54.8 Å². The average molecular weight is 395 g/mol. The predicted molar refractivity (Wildman–Crippen MR) is 86.1 cm³/mol. The van der Waals surface area contributed by atoms with E-state index in [2.05, 4.69) is 20.7 Å². The molecule has 0 unspecified atom stereocenters. The summed E-state index contributed by atoms with van der Waals surface area (Å²) < 4.78 is 27.6. The number of sulfonamides is 1. The van der Waals surface area contributed by atoms with Crippen molar-refractivity contribution in [3.8, 4) is 0 Å². The molecule has 0 saturated carbocycles. The van der Waals surface area contributed by atoms with Crippen LogP contribution in [0.25, 0.3) is 0 Å². The van der Waals surface area contributed by atoms with Crippen molar-refractivity contribution in [2.24, 2.45) is 0 Å². The first-order chi connectivity index (χ1) is 9.29. The number of aryl methyl sites for hydroxylation is 1. The SMILES string of the molecule is Cc1ccc(S(=O)(=O)Nc2cc(Cl)ccc2Cl)c(Br)c1. The molecule has 3 nitrogen and oxygen atoms in total. The number of hydrogen-bond acceptors (Lipinski definition) is 2. The van der Waals surface area contributed by atoms with E-state index >= 15 is 0 Å². The molecular formula is C13H10BrCl2NO2S. The van der Waals surface area contributed by atoms with Crippen molar-refractivity contribution in [1.29, 1.82) is 0 Å². The first-order valence-electron chi connectivity index (χ1n) is 5.53. The average Bonchev–Trinajstić information content (AvgIpc) is 2.33. The van der Waals surface area contributed by atoms with Crippen molar-refractivity contribution in [3.63, 3.8) is 0 Å². The molecule has 0 heterocycles. The van der Waals surface area contributed by atoms with E-state index in [-0.39, 0.29) is 15.6 Å². The monoisotopic (exact) mass is 393 g/mol. The molecule has 0 bridgehead atoms. The highest BCUT2D eigenvalue weighted by atomic mass is 79.9. The van der Waals surface area contributed by atoms with Crippen LogP contribution in [-0.2, 0) is 10.0 Å². The lowest BCUT2D eigenvalue weighted by molar-refractivity contribution is 0.600. The molecule has 2 rings (SSSR count). The zero-order valence-electron chi connectivity index (χ0n) is 10.3. The van der Waals surface area contributed by atoms with E-state index in [1.54, 1.807) is 18.2 Å². The molecule has 0 aliphatic rings. The summed E-state index contributed by atoms with van der Waals surface area (Å²) in [5, 5.41) is 0.677. The van der Waals surface area contributed by atoms with Gasteiger partial charge in [0.2, 0.25) is 0 Å². The van der Waals surface area contributed by atoms with E-state index in [4.69, 9.17) is 23.2 Å². The molecule has 1 N–H and O–H groups in total. The molecular weight excluding hydrogens is 385 g/mol. The van der Waals surface area contributed by atoms with E-state index in [9.17, 15) is 8.42 Å². The van der Waals surface area contributed by atoms with Crippen LogP contribution in [-0.4, -0.2) is 8.42 Å². The van der Waals surface area contributed by atoms with Crippen LogP contribution >= 0.6 is 39.1 Å². The Morgan fingerprint density at radius 2 is 1.80 bits per heavy atom. The van der Waals surface area contributed by atoms with Crippen LogP contribution in [0, 0.1) is 6.92 Å². The summed E-state index contributed by atoms with van der Waals surface area (Å²) in [4.78, 5) is 0.138. The Kier molecular flexibility index (Phi) is 4.64. The maximum atomic E-state index is 12.4. The summed E-state index contributed by atoms with van der Waals surface area (Å²) in [6.07, 6.45) is 0. The largest absolute Gasteiger partial charge is 0.278 e. The highest BCUT2D eigenvalue weighted by Crippen LogP contribution is 2.30. The summed E-state index contributed by atoms with van der Waals surface area (Å²) in [5.74, 6) is 0. The van der Waals surface area contributed by atoms with Gasteiger partial charge in [0.1, 0.15) is 4.90 Å². The number of halogens is 3. The normalized spacial score (nSPS) is 11.4.